The molecule has 1 atom stereocenters. The summed E-state index contributed by atoms with van der Waals surface area (Å²) in [6, 6.07) is 0. The van der Waals surface area contributed by atoms with E-state index in [-0.39, 0.29) is 5.56 Å². The molecular weight excluding hydrogens is 128 g/mol. The number of ether oxygens (including phenoxy) is 1. The highest BCUT2D eigenvalue weighted by Crippen LogP contribution is 2.35. The lowest BCUT2D eigenvalue weighted by Gasteiger charge is -2.01. The van der Waals surface area contributed by atoms with Gasteiger partial charge in [0.25, 0.3) is 6.47 Å². The van der Waals surface area contributed by atoms with Crippen molar-refractivity contribution in [3.05, 3.63) is 0 Å². The van der Waals surface area contributed by atoms with Crippen molar-refractivity contribution < 1.29 is 9.53 Å². The van der Waals surface area contributed by atoms with Crippen LogP contribution >= 0.6 is 11.6 Å². The smallest absolute Gasteiger partial charge is 0.294 e. The summed E-state index contributed by atoms with van der Waals surface area (Å²) in [7, 11) is 0. The predicted octanol–water partition coefficient (Wildman–Crippen LogP) is 1.13. The van der Waals surface area contributed by atoms with Crippen molar-refractivity contribution in [2.24, 2.45) is 5.92 Å². The maximum absolute atomic E-state index is 9.64. The van der Waals surface area contributed by atoms with E-state index in [0.29, 0.717) is 12.4 Å². The van der Waals surface area contributed by atoms with Gasteiger partial charge >= 0.3 is 0 Å². The van der Waals surface area contributed by atoms with Gasteiger partial charge in [-0.3, -0.25) is 4.79 Å². The van der Waals surface area contributed by atoms with Crippen LogP contribution < -0.4 is 0 Å². The van der Waals surface area contributed by atoms with E-state index in [9.17, 15) is 4.79 Å². The Labute approximate surface area is 52.8 Å². The van der Waals surface area contributed by atoms with Crippen LogP contribution in [0, 0.1) is 5.92 Å². The summed E-state index contributed by atoms with van der Waals surface area (Å²) in [5.74, 6) is 0.432. The molecule has 0 saturated heterocycles. The highest BCUT2D eigenvalue weighted by Gasteiger charge is 2.30. The topological polar surface area (TPSA) is 26.3 Å². The van der Waals surface area contributed by atoms with Crippen molar-refractivity contribution in [3.8, 4) is 0 Å². The third-order valence-electron chi connectivity index (χ3n) is 1.18. The average Bonchev–Trinajstić information content (AvgIpc) is 2.45. The van der Waals surface area contributed by atoms with Crippen molar-refractivity contribution >= 4 is 18.1 Å². The van der Waals surface area contributed by atoms with Gasteiger partial charge in [-0.2, -0.15) is 0 Å². The molecule has 0 spiro atoms. The van der Waals surface area contributed by atoms with Crippen molar-refractivity contribution in [3.63, 3.8) is 0 Å². The second-order valence-electron chi connectivity index (χ2n) is 1.92. The number of halogens is 1. The van der Waals surface area contributed by atoms with Gasteiger partial charge in [0.05, 0.1) is 0 Å². The fourth-order valence-corrected chi connectivity index (χ4v) is 0.816. The van der Waals surface area contributed by atoms with Crippen molar-refractivity contribution in [2.45, 2.75) is 18.4 Å². The van der Waals surface area contributed by atoms with Gasteiger partial charge in [0.1, 0.15) is 0 Å². The zero-order valence-electron chi connectivity index (χ0n) is 4.34. The Morgan fingerprint density at radius 1 is 1.75 bits per heavy atom. The standard InChI is InChI=1S/C5H7ClO2/c6-5(8-3-7)4-1-2-4/h3-5H,1-2H2. The summed E-state index contributed by atoms with van der Waals surface area (Å²) in [5, 5.41) is 0. The molecule has 1 rings (SSSR count). The summed E-state index contributed by atoms with van der Waals surface area (Å²) in [4.78, 5) is 9.64. The lowest BCUT2D eigenvalue weighted by atomic mass is 10.5. The molecule has 0 N–H and O–H groups in total. The molecule has 2 nitrogen and oxygen atoms in total. The van der Waals surface area contributed by atoms with Crippen LogP contribution in [-0.2, 0) is 9.53 Å². The number of carbonyl (C=O) groups is 1. The molecule has 46 valence electrons. The van der Waals surface area contributed by atoms with Gasteiger partial charge in [0.15, 0.2) is 5.56 Å². The summed E-state index contributed by atoms with van der Waals surface area (Å²) in [6.45, 7) is 0.399. The van der Waals surface area contributed by atoms with E-state index in [0.717, 1.165) is 12.8 Å². The molecule has 1 unspecified atom stereocenters. The van der Waals surface area contributed by atoms with Crippen molar-refractivity contribution in [2.75, 3.05) is 0 Å². The lowest BCUT2D eigenvalue weighted by Crippen LogP contribution is -2.04. The quantitative estimate of drug-likeness (QED) is 0.427. The Kier molecular flexibility index (Phi) is 1.73. The fourth-order valence-electron chi connectivity index (χ4n) is 0.522. The van der Waals surface area contributed by atoms with Crippen LogP contribution in [0.15, 0.2) is 0 Å². The second kappa shape index (κ2) is 2.35. The molecule has 1 fully saturated rings. The van der Waals surface area contributed by atoms with E-state index >= 15 is 0 Å². The van der Waals surface area contributed by atoms with Gasteiger partial charge in [-0.1, -0.05) is 11.6 Å². The van der Waals surface area contributed by atoms with Crippen molar-refractivity contribution in [1.29, 1.82) is 0 Å². The maximum Gasteiger partial charge on any atom is 0.294 e. The zero-order valence-corrected chi connectivity index (χ0v) is 5.10. The van der Waals surface area contributed by atoms with E-state index < -0.39 is 0 Å². The molecule has 0 aliphatic heterocycles. The Bertz CT molecular complexity index is 90.4. The van der Waals surface area contributed by atoms with Crippen LogP contribution in [0.4, 0.5) is 0 Å². The molecule has 0 aromatic carbocycles. The zero-order chi connectivity index (χ0) is 5.98. The fraction of sp³-hybridized carbons (Fsp3) is 0.800. The molecule has 0 heterocycles. The first-order valence-electron chi connectivity index (χ1n) is 2.58. The third kappa shape index (κ3) is 1.37. The number of rotatable bonds is 3. The molecule has 0 aromatic heterocycles. The minimum atomic E-state index is -0.368. The third-order valence-corrected chi connectivity index (χ3v) is 1.64. The molecule has 0 radical (unpaired) electrons. The molecule has 1 saturated carbocycles. The van der Waals surface area contributed by atoms with E-state index in [1.165, 1.54) is 0 Å². The first-order chi connectivity index (χ1) is 3.84. The van der Waals surface area contributed by atoms with Crippen LogP contribution in [0.3, 0.4) is 0 Å². The molecule has 0 bridgehead atoms. The minimum absolute atomic E-state index is 0.368. The Morgan fingerprint density at radius 2 is 2.38 bits per heavy atom. The molecule has 3 heteroatoms. The predicted molar refractivity (Wildman–Crippen MR) is 29.5 cm³/mol. The first-order valence-corrected chi connectivity index (χ1v) is 3.01. The Hall–Kier alpha value is -0.240. The number of carbonyl (C=O) groups excluding carboxylic acids is 1. The highest BCUT2D eigenvalue weighted by molar-refractivity contribution is 6.20. The van der Waals surface area contributed by atoms with Gasteiger partial charge in [-0.25, -0.2) is 0 Å². The van der Waals surface area contributed by atoms with Crippen molar-refractivity contribution in [1.82, 2.24) is 0 Å². The normalized spacial score (nSPS) is 22.1. The molecule has 0 aromatic rings. The summed E-state index contributed by atoms with van der Waals surface area (Å²) >= 11 is 5.52. The molecule has 0 amide bonds. The summed E-state index contributed by atoms with van der Waals surface area (Å²) in [6.07, 6.45) is 2.20. The van der Waals surface area contributed by atoms with E-state index in [4.69, 9.17) is 11.6 Å². The SMILES string of the molecule is O=COC(Cl)C1CC1. The van der Waals surface area contributed by atoms with E-state index in [1.807, 2.05) is 0 Å². The minimum Gasteiger partial charge on any atom is -0.448 e. The number of hydrogen-bond acceptors (Lipinski definition) is 2. The monoisotopic (exact) mass is 134 g/mol. The molecule has 8 heavy (non-hydrogen) atoms. The van der Waals surface area contributed by atoms with Crippen LogP contribution in [0.1, 0.15) is 12.8 Å². The van der Waals surface area contributed by atoms with Gasteiger partial charge < -0.3 is 4.74 Å². The largest absolute Gasteiger partial charge is 0.448 e. The molecular formula is C5H7ClO2. The molecule has 1 aliphatic rings. The number of hydrogen-bond donors (Lipinski definition) is 0. The summed E-state index contributed by atoms with van der Waals surface area (Å²) < 4.78 is 4.45. The average molecular weight is 135 g/mol. The van der Waals surface area contributed by atoms with Gasteiger partial charge in [0, 0.05) is 5.92 Å². The lowest BCUT2D eigenvalue weighted by molar-refractivity contribution is -0.130. The Morgan fingerprint density at radius 3 is 2.75 bits per heavy atom. The summed E-state index contributed by atoms with van der Waals surface area (Å²) in [5.41, 5.74) is -0.368. The van der Waals surface area contributed by atoms with E-state index in [1.54, 1.807) is 0 Å². The van der Waals surface area contributed by atoms with Crippen LogP contribution in [0.2, 0.25) is 0 Å². The van der Waals surface area contributed by atoms with Crippen LogP contribution in [0.5, 0.6) is 0 Å². The van der Waals surface area contributed by atoms with Crippen LogP contribution in [-0.4, -0.2) is 12.0 Å². The Balaban J connectivity index is 2.12. The van der Waals surface area contributed by atoms with Gasteiger partial charge in [0.2, 0.25) is 0 Å². The highest BCUT2D eigenvalue weighted by atomic mass is 35.5. The van der Waals surface area contributed by atoms with Gasteiger partial charge in [-0.05, 0) is 12.8 Å². The van der Waals surface area contributed by atoms with Gasteiger partial charge in [-0.15, -0.1) is 0 Å². The van der Waals surface area contributed by atoms with Crippen LogP contribution in [0.25, 0.3) is 0 Å². The maximum atomic E-state index is 9.64. The number of alkyl halides is 1. The second-order valence-corrected chi connectivity index (χ2v) is 2.35. The first kappa shape index (κ1) is 5.89. The van der Waals surface area contributed by atoms with E-state index in [2.05, 4.69) is 4.74 Å². The molecule has 1 aliphatic carbocycles.